The van der Waals surface area contributed by atoms with E-state index in [4.69, 9.17) is 28.7 Å². The third kappa shape index (κ3) is 27.7. The Labute approximate surface area is 474 Å². The zero-order valence-electron chi connectivity index (χ0n) is 46.0. The summed E-state index contributed by atoms with van der Waals surface area (Å²) in [6, 6.07) is -11.6. The largest absolute Gasteiger partial charge is 0.481 e. The molecule has 32 nitrogen and oxygen atoms in total. The molecule has 0 aliphatic heterocycles. The van der Waals surface area contributed by atoms with Crippen LogP contribution >= 0.6 is 0 Å². The van der Waals surface area contributed by atoms with Gasteiger partial charge in [0, 0.05) is 26.6 Å². The van der Waals surface area contributed by atoms with Crippen LogP contribution in [-0.4, -0.2) is 175 Å². The lowest BCUT2D eigenvalue weighted by atomic mass is 10.0. The van der Waals surface area contributed by atoms with Gasteiger partial charge in [0.15, 0.2) is 11.9 Å². The third-order valence-electron chi connectivity index (χ3n) is 11.4. The molecule has 466 valence electrons. The number of halogens is 3. The predicted octanol–water partition coefficient (Wildman–Crippen LogP) is -5.49. The molecule has 36 heteroatoms. The number of aliphatic hydroxyl groups excluding tert-OH is 1. The Morgan fingerprint density at radius 3 is 1.30 bits per heavy atom. The highest BCUT2D eigenvalue weighted by Crippen LogP contribution is 2.34. The summed E-state index contributed by atoms with van der Waals surface area (Å²) in [5.41, 5.74) is 25.1. The highest BCUT2D eigenvalue weighted by atomic mass is 32.2. The second-order valence-corrected chi connectivity index (χ2v) is 21.2. The summed E-state index contributed by atoms with van der Waals surface area (Å²) in [5.74, 6) is -15.6. The van der Waals surface area contributed by atoms with E-state index < -0.39 is 172 Å². The fourth-order valence-corrected chi connectivity index (χ4v) is 8.77. The maximum Gasteiger partial charge on any atom is 0.417 e. The summed E-state index contributed by atoms with van der Waals surface area (Å²) in [6.07, 6.45) is -8.19. The number of aliphatic hydroxyl groups is 1. The normalized spacial score (nSPS) is 14.3. The first kappa shape index (κ1) is 72.6. The molecule has 0 spiro atoms. The Morgan fingerprint density at radius 1 is 0.542 bits per heavy atom. The SMILES string of the molecule is CC(=O)N[C@@H](CCCN=C(N)N)C(=O)NC(CNS(=O)(=O)c1ccccc1C(F)(F)F)C(=O)N[C@@H](CC(=O)O)C(=O)N[C@@H](CC(C)C)C(=O)N[C@@H](CC(=O)O)C(=O)N[C@@H](CO)C(=O)N[C@@H](CC(C)C)C(=O)N[C@@H](CCCN=C(N)N)C(N)=O. The molecule has 22 N–H and O–H groups in total. The number of rotatable bonds is 37. The minimum atomic E-state index is -5.22. The van der Waals surface area contributed by atoms with Gasteiger partial charge in [0.2, 0.25) is 63.2 Å². The fraction of sp³-hybridized carbons (Fsp3) is 0.596. The van der Waals surface area contributed by atoms with E-state index in [1.54, 1.807) is 18.6 Å². The number of sulfonamides is 1. The number of nitrogens with zero attached hydrogens (tertiary/aromatic N) is 2. The molecule has 0 aliphatic rings. The summed E-state index contributed by atoms with van der Waals surface area (Å²) in [6.45, 7) is 4.96. The van der Waals surface area contributed by atoms with Gasteiger partial charge < -0.3 is 86.5 Å². The monoisotopic (exact) mass is 1210 g/mol. The van der Waals surface area contributed by atoms with E-state index in [1.807, 2.05) is 5.32 Å². The van der Waals surface area contributed by atoms with Gasteiger partial charge >= 0.3 is 18.1 Å². The molecular formula is C47H75F3N16O16S. The van der Waals surface area contributed by atoms with Crippen LogP contribution in [0, 0.1) is 11.8 Å². The molecule has 0 saturated carbocycles. The molecule has 0 aromatic heterocycles. The van der Waals surface area contributed by atoms with E-state index in [0.717, 1.165) is 19.1 Å². The standard InChI is InChI=1S/C47H75F3N16O16S/c1-22(2)16-28(39(75)60-26(37(51)73)11-8-14-56-45(52)53)62-44(80)33(21-67)66-42(78)31(19-36(71)72)63-40(76)29(17-23(3)4)61-41(77)30(18-35(69)70)64-43(79)32(65-38(74)27(59-24(5)68)12-9-15-57-46(54)55)20-58-83(81,82)34-13-7-6-10-25(34)47(48,49)50/h6-7,10,13,22-23,26-33,58,67H,8-9,11-12,14-21H2,1-5H3,(H2,51,73)(H,59,68)(H,60,75)(H,61,77)(H,62,80)(H,63,76)(H,64,79)(H,65,74)(H,66,78)(H,69,70)(H,71,72)(H4,52,53,56)(H4,54,55,57)/t26-,27-,28-,29-,30-,31-,32?,33-/m0/s1. The van der Waals surface area contributed by atoms with Gasteiger partial charge in [0.25, 0.3) is 0 Å². The van der Waals surface area contributed by atoms with Crippen LogP contribution in [0.5, 0.6) is 0 Å². The molecule has 1 unspecified atom stereocenters. The van der Waals surface area contributed by atoms with Crippen molar-refractivity contribution in [1.29, 1.82) is 0 Å². The van der Waals surface area contributed by atoms with E-state index in [1.165, 1.54) is 13.8 Å². The number of aliphatic imine (C=N–C) groups is 2. The van der Waals surface area contributed by atoms with Gasteiger partial charge in [0.1, 0.15) is 48.3 Å². The Hall–Kier alpha value is -8.41. The van der Waals surface area contributed by atoms with Crippen LogP contribution in [0.25, 0.3) is 0 Å². The van der Waals surface area contributed by atoms with Crippen LogP contribution in [0.4, 0.5) is 13.2 Å². The van der Waals surface area contributed by atoms with Crippen LogP contribution in [0.1, 0.15) is 91.5 Å². The lowest BCUT2D eigenvalue weighted by Crippen LogP contribution is -2.62. The molecule has 0 heterocycles. The van der Waals surface area contributed by atoms with Crippen molar-refractivity contribution in [3.63, 3.8) is 0 Å². The van der Waals surface area contributed by atoms with Crippen molar-refractivity contribution in [2.24, 2.45) is 50.5 Å². The Bertz CT molecular complexity index is 2640. The number of hydrogen-bond donors (Lipinski definition) is 17. The van der Waals surface area contributed by atoms with E-state index >= 15 is 0 Å². The third-order valence-corrected chi connectivity index (χ3v) is 12.8. The quantitative estimate of drug-likeness (QED) is 0.0168. The molecule has 0 fully saturated rings. The van der Waals surface area contributed by atoms with Crippen molar-refractivity contribution < 1.29 is 89.6 Å². The minimum absolute atomic E-state index is 0.0105. The van der Waals surface area contributed by atoms with Crippen molar-refractivity contribution in [1.82, 2.24) is 47.3 Å². The lowest BCUT2D eigenvalue weighted by molar-refractivity contribution is -0.142. The second kappa shape index (κ2) is 34.8. The Balaban J connectivity index is 3.61. The van der Waals surface area contributed by atoms with Crippen LogP contribution < -0.4 is 75.9 Å². The number of guanidine groups is 2. The molecule has 0 saturated heterocycles. The van der Waals surface area contributed by atoms with E-state index in [-0.39, 0.29) is 69.5 Å². The molecule has 8 atom stereocenters. The number of hydrogen-bond acceptors (Lipinski definition) is 16. The maximum atomic E-state index is 14.1. The summed E-state index contributed by atoms with van der Waals surface area (Å²) in [7, 11) is -5.22. The molecule has 0 bridgehead atoms. The van der Waals surface area contributed by atoms with Gasteiger partial charge in [-0.05, 0) is 62.5 Å². The van der Waals surface area contributed by atoms with Crippen molar-refractivity contribution in [3.05, 3.63) is 29.8 Å². The summed E-state index contributed by atoms with van der Waals surface area (Å²) < 4.78 is 70.3. The molecule has 1 aromatic carbocycles. The highest BCUT2D eigenvalue weighted by Gasteiger charge is 2.39. The molecular weight excluding hydrogens is 1130 g/mol. The van der Waals surface area contributed by atoms with E-state index in [9.17, 15) is 89.6 Å². The van der Waals surface area contributed by atoms with Crippen LogP contribution in [0.15, 0.2) is 39.1 Å². The number of aliphatic carboxylic acids is 2. The lowest BCUT2D eigenvalue weighted by Gasteiger charge is -2.28. The number of amides is 9. The van der Waals surface area contributed by atoms with Crippen molar-refractivity contribution in [3.8, 4) is 0 Å². The summed E-state index contributed by atoms with van der Waals surface area (Å²) in [4.78, 5) is 151. The van der Waals surface area contributed by atoms with Gasteiger partial charge in [-0.3, -0.25) is 62.7 Å². The molecule has 0 aliphatic carbocycles. The zero-order valence-corrected chi connectivity index (χ0v) is 46.9. The van der Waals surface area contributed by atoms with E-state index in [2.05, 4.69) is 47.2 Å². The predicted molar refractivity (Wildman–Crippen MR) is 287 cm³/mol. The first-order valence-electron chi connectivity index (χ1n) is 25.5. The summed E-state index contributed by atoms with van der Waals surface area (Å²) >= 11 is 0. The van der Waals surface area contributed by atoms with Crippen molar-refractivity contribution in [2.45, 2.75) is 145 Å². The number of alkyl halides is 3. The number of primary amides is 1. The second-order valence-electron chi connectivity index (χ2n) is 19.5. The number of nitrogens with one attached hydrogen (secondary N) is 9. The number of nitrogens with two attached hydrogens (primary N) is 5. The first-order valence-corrected chi connectivity index (χ1v) is 27.0. The van der Waals surface area contributed by atoms with Crippen molar-refractivity contribution >= 4 is 87.0 Å². The average molecular weight is 1210 g/mol. The van der Waals surface area contributed by atoms with Crippen LogP contribution in [0.3, 0.4) is 0 Å². The molecule has 1 rings (SSSR count). The van der Waals surface area contributed by atoms with Gasteiger partial charge in [0.05, 0.1) is 29.9 Å². The number of carboxylic acids is 2. The molecule has 83 heavy (non-hydrogen) atoms. The number of carbonyl (C=O) groups is 11. The van der Waals surface area contributed by atoms with E-state index in [0.29, 0.717) is 12.1 Å². The van der Waals surface area contributed by atoms with Gasteiger partial charge in [-0.25, -0.2) is 13.1 Å². The van der Waals surface area contributed by atoms with Crippen molar-refractivity contribution in [2.75, 3.05) is 26.2 Å². The van der Waals surface area contributed by atoms with Crippen LogP contribution in [-0.2, 0) is 68.9 Å². The Morgan fingerprint density at radius 2 is 0.904 bits per heavy atom. The zero-order chi connectivity index (χ0) is 63.5. The minimum Gasteiger partial charge on any atom is -0.481 e. The fourth-order valence-electron chi connectivity index (χ4n) is 7.50. The van der Waals surface area contributed by atoms with Gasteiger partial charge in [-0.1, -0.05) is 39.8 Å². The maximum absolute atomic E-state index is 14.1. The number of carboxylic acid groups (broad SMARTS) is 2. The number of benzene rings is 1. The smallest absolute Gasteiger partial charge is 0.417 e. The summed E-state index contributed by atoms with van der Waals surface area (Å²) in [5, 5.41) is 47.3. The Kier molecular flexibility index (Phi) is 30.4. The van der Waals surface area contributed by atoms with Gasteiger partial charge in [-0.15, -0.1) is 0 Å². The highest BCUT2D eigenvalue weighted by molar-refractivity contribution is 7.89. The molecule has 9 amide bonds. The average Bonchev–Trinajstić information content (AvgIpc) is 3.58. The first-order chi connectivity index (χ1) is 38.5. The molecule has 0 radical (unpaired) electrons. The topological polar surface area (TPSA) is 546 Å². The molecule has 1 aromatic rings. The number of carbonyl (C=O) groups excluding carboxylic acids is 9. The van der Waals surface area contributed by atoms with Crippen LogP contribution in [0.2, 0.25) is 0 Å². The van der Waals surface area contributed by atoms with Gasteiger partial charge in [-0.2, -0.15) is 13.2 Å².